The lowest BCUT2D eigenvalue weighted by molar-refractivity contribution is 0.0951. The fourth-order valence-corrected chi connectivity index (χ4v) is 3.56. The van der Waals surface area contributed by atoms with Gasteiger partial charge in [0.1, 0.15) is 22.6 Å². The van der Waals surface area contributed by atoms with Crippen molar-refractivity contribution in [1.29, 1.82) is 0 Å². The van der Waals surface area contributed by atoms with Crippen molar-refractivity contribution in [3.63, 3.8) is 0 Å². The van der Waals surface area contributed by atoms with Crippen molar-refractivity contribution >= 4 is 33.9 Å². The molecule has 0 aliphatic carbocycles. The van der Waals surface area contributed by atoms with Crippen LogP contribution in [0, 0.1) is 5.92 Å². The van der Waals surface area contributed by atoms with E-state index < -0.39 is 0 Å². The molecule has 0 spiro atoms. The number of nitrogen functional groups attached to an aromatic ring is 1. The summed E-state index contributed by atoms with van der Waals surface area (Å²) >= 11 is 0. The summed E-state index contributed by atoms with van der Waals surface area (Å²) in [6.07, 6.45) is 2.09. The van der Waals surface area contributed by atoms with Gasteiger partial charge in [0, 0.05) is 12.2 Å². The van der Waals surface area contributed by atoms with Gasteiger partial charge in [0.25, 0.3) is 5.91 Å². The van der Waals surface area contributed by atoms with Crippen LogP contribution >= 0.6 is 0 Å². The first-order chi connectivity index (χ1) is 15.5. The fourth-order valence-electron chi connectivity index (χ4n) is 3.56. The van der Waals surface area contributed by atoms with Crippen LogP contribution in [0.25, 0.3) is 27.9 Å². The zero-order valence-electron chi connectivity index (χ0n) is 18.8. The second-order valence-electron chi connectivity index (χ2n) is 8.28. The lowest BCUT2D eigenvalue weighted by atomic mass is 10.2. The standard InChI is InChI=1S/C25H29N5O2/c1-4-5-14-32-18-12-10-17(11-13-18)30-23(26)21(25(31)27-15-16(2)3)22-24(30)29-20-9-7-6-8-19(20)28-22/h6-13,16H,4-5,14-15,26H2,1-3H3,(H,27,31). The van der Waals surface area contributed by atoms with Gasteiger partial charge in [0.15, 0.2) is 5.65 Å². The molecule has 0 fully saturated rings. The number of anilines is 1. The number of amides is 1. The van der Waals surface area contributed by atoms with Crippen molar-refractivity contribution in [2.75, 3.05) is 18.9 Å². The number of hydrogen-bond donors (Lipinski definition) is 2. The Labute approximate surface area is 187 Å². The average Bonchev–Trinajstić information content (AvgIpc) is 3.07. The highest BCUT2D eigenvalue weighted by atomic mass is 16.5. The van der Waals surface area contributed by atoms with Crippen LogP contribution in [-0.2, 0) is 0 Å². The van der Waals surface area contributed by atoms with Crippen molar-refractivity contribution in [2.24, 2.45) is 5.92 Å². The first-order valence-electron chi connectivity index (χ1n) is 11.1. The Balaban J connectivity index is 1.83. The molecule has 0 saturated heterocycles. The number of benzene rings is 2. The molecule has 7 heteroatoms. The Hall–Kier alpha value is -3.61. The molecule has 0 aliphatic heterocycles. The Morgan fingerprint density at radius 3 is 2.44 bits per heavy atom. The highest BCUT2D eigenvalue weighted by molar-refractivity contribution is 6.11. The van der Waals surface area contributed by atoms with Crippen LogP contribution in [0.1, 0.15) is 44.0 Å². The molecule has 0 bridgehead atoms. The summed E-state index contributed by atoms with van der Waals surface area (Å²) in [7, 11) is 0. The van der Waals surface area contributed by atoms with Crippen LogP contribution in [0.2, 0.25) is 0 Å². The monoisotopic (exact) mass is 431 g/mol. The number of nitrogens with one attached hydrogen (secondary N) is 1. The number of nitrogens with zero attached hydrogens (tertiary/aromatic N) is 3. The molecular formula is C25H29N5O2. The average molecular weight is 432 g/mol. The maximum absolute atomic E-state index is 13.1. The Morgan fingerprint density at radius 2 is 1.78 bits per heavy atom. The quantitative estimate of drug-likeness (QED) is 0.394. The van der Waals surface area contributed by atoms with E-state index in [0.29, 0.717) is 41.6 Å². The molecule has 2 heterocycles. The SMILES string of the molecule is CCCCOc1ccc(-n2c(N)c(C(=O)NCC(C)C)c3nc4ccccc4nc32)cc1. The maximum atomic E-state index is 13.1. The van der Waals surface area contributed by atoms with Gasteiger partial charge in [-0.2, -0.15) is 0 Å². The van der Waals surface area contributed by atoms with Crippen LogP contribution in [0.3, 0.4) is 0 Å². The zero-order valence-corrected chi connectivity index (χ0v) is 18.8. The third-order valence-corrected chi connectivity index (χ3v) is 5.26. The first kappa shape index (κ1) is 21.6. The number of nitrogens with two attached hydrogens (primary N) is 1. The molecule has 2 aromatic heterocycles. The lowest BCUT2D eigenvalue weighted by Gasteiger charge is -2.10. The van der Waals surface area contributed by atoms with Crippen LogP contribution in [0.5, 0.6) is 5.75 Å². The maximum Gasteiger partial charge on any atom is 0.257 e. The number of para-hydroxylation sites is 2. The number of hydrogen-bond acceptors (Lipinski definition) is 5. The van der Waals surface area contributed by atoms with Crippen LogP contribution in [0.15, 0.2) is 48.5 Å². The molecule has 3 N–H and O–H groups in total. The molecular weight excluding hydrogens is 402 g/mol. The number of rotatable bonds is 8. The van der Waals surface area contributed by atoms with Gasteiger partial charge in [-0.1, -0.05) is 39.3 Å². The van der Waals surface area contributed by atoms with Gasteiger partial charge in [-0.25, -0.2) is 9.97 Å². The molecule has 32 heavy (non-hydrogen) atoms. The van der Waals surface area contributed by atoms with Crippen molar-refractivity contribution in [3.05, 3.63) is 54.1 Å². The predicted molar refractivity (Wildman–Crippen MR) is 128 cm³/mol. The van der Waals surface area contributed by atoms with E-state index in [1.165, 1.54) is 0 Å². The number of fused-ring (bicyclic) bond motifs is 2. The normalized spacial score (nSPS) is 11.4. The fraction of sp³-hybridized carbons (Fsp3) is 0.320. The summed E-state index contributed by atoms with van der Waals surface area (Å²) in [5.74, 6) is 1.18. The highest BCUT2D eigenvalue weighted by Gasteiger charge is 2.24. The van der Waals surface area contributed by atoms with E-state index >= 15 is 0 Å². The smallest absolute Gasteiger partial charge is 0.257 e. The number of carbonyl (C=O) groups excluding carboxylic acids is 1. The number of ether oxygens (including phenoxy) is 1. The van der Waals surface area contributed by atoms with E-state index in [-0.39, 0.29) is 5.91 Å². The molecule has 4 rings (SSSR count). The van der Waals surface area contributed by atoms with E-state index in [2.05, 4.69) is 12.2 Å². The molecule has 0 unspecified atom stereocenters. The predicted octanol–water partition coefficient (Wildman–Crippen LogP) is 4.72. The van der Waals surface area contributed by atoms with E-state index in [9.17, 15) is 4.79 Å². The largest absolute Gasteiger partial charge is 0.494 e. The van der Waals surface area contributed by atoms with E-state index in [1.54, 1.807) is 4.57 Å². The second kappa shape index (κ2) is 9.26. The second-order valence-corrected chi connectivity index (χ2v) is 8.28. The van der Waals surface area contributed by atoms with Gasteiger partial charge in [-0.15, -0.1) is 0 Å². The molecule has 2 aromatic carbocycles. The van der Waals surface area contributed by atoms with Gasteiger partial charge in [0.05, 0.1) is 17.6 Å². The lowest BCUT2D eigenvalue weighted by Crippen LogP contribution is -2.28. The molecule has 1 amide bonds. The summed E-state index contributed by atoms with van der Waals surface area (Å²) in [5, 5.41) is 2.96. The minimum atomic E-state index is -0.246. The van der Waals surface area contributed by atoms with Crippen LogP contribution in [0.4, 0.5) is 5.82 Å². The van der Waals surface area contributed by atoms with Gasteiger partial charge in [-0.05, 0) is 48.7 Å². The first-order valence-corrected chi connectivity index (χ1v) is 11.1. The van der Waals surface area contributed by atoms with Gasteiger partial charge < -0.3 is 15.8 Å². The molecule has 0 radical (unpaired) electrons. The van der Waals surface area contributed by atoms with Crippen LogP contribution in [-0.4, -0.2) is 33.6 Å². The minimum Gasteiger partial charge on any atom is -0.494 e. The Bertz CT molecular complexity index is 1240. The van der Waals surface area contributed by atoms with Gasteiger partial charge in [-0.3, -0.25) is 9.36 Å². The summed E-state index contributed by atoms with van der Waals surface area (Å²) < 4.78 is 7.56. The zero-order chi connectivity index (χ0) is 22.7. The molecule has 0 aliphatic rings. The number of unbranched alkanes of at least 4 members (excludes halogenated alkanes) is 1. The third-order valence-electron chi connectivity index (χ3n) is 5.26. The van der Waals surface area contributed by atoms with E-state index in [4.69, 9.17) is 20.4 Å². The molecule has 0 atom stereocenters. The Morgan fingerprint density at radius 1 is 1.09 bits per heavy atom. The van der Waals surface area contributed by atoms with Crippen molar-refractivity contribution in [2.45, 2.75) is 33.6 Å². The summed E-state index contributed by atoms with van der Waals surface area (Å²) in [5.41, 5.74) is 10.2. The number of aromatic nitrogens is 3. The summed E-state index contributed by atoms with van der Waals surface area (Å²) in [4.78, 5) is 22.6. The topological polar surface area (TPSA) is 95.1 Å². The summed E-state index contributed by atoms with van der Waals surface area (Å²) in [6.45, 7) is 7.46. The van der Waals surface area contributed by atoms with E-state index in [0.717, 1.165) is 35.3 Å². The highest BCUT2D eigenvalue weighted by Crippen LogP contribution is 2.31. The Kier molecular flexibility index (Phi) is 6.25. The van der Waals surface area contributed by atoms with Crippen LogP contribution < -0.4 is 15.8 Å². The molecule has 166 valence electrons. The summed E-state index contributed by atoms with van der Waals surface area (Å²) in [6, 6.07) is 15.3. The molecule has 4 aromatic rings. The van der Waals surface area contributed by atoms with E-state index in [1.807, 2.05) is 62.4 Å². The van der Waals surface area contributed by atoms with Crippen molar-refractivity contribution in [3.8, 4) is 11.4 Å². The van der Waals surface area contributed by atoms with Gasteiger partial charge >= 0.3 is 0 Å². The number of carbonyl (C=O) groups is 1. The molecule has 0 saturated carbocycles. The van der Waals surface area contributed by atoms with Crippen molar-refractivity contribution < 1.29 is 9.53 Å². The minimum absolute atomic E-state index is 0.246. The third kappa shape index (κ3) is 4.23. The van der Waals surface area contributed by atoms with Crippen molar-refractivity contribution in [1.82, 2.24) is 19.9 Å². The van der Waals surface area contributed by atoms with Gasteiger partial charge in [0.2, 0.25) is 0 Å². The molecule has 7 nitrogen and oxygen atoms in total.